The summed E-state index contributed by atoms with van der Waals surface area (Å²) in [6.45, 7) is 0. The molecular formula is C13H17F3N2O4. The van der Waals surface area contributed by atoms with E-state index in [-0.39, 0.29) is 18.8 Å². The van der Waals surface area contributed by atoms with E-state index < -0.39 is 35.4 Å². The van der Waals surface area contributed by atoms with Gasteiger partial charge >= 0.3 is 18.1 Å². The number of hydrogen-bond acceptors (Lipinski definition) is 5. The molecule has 124 valence electrons. The van der Waals surface area contributed by atoms with Crippen molar-refractivity contribution in [3.05, 3.63) is 11.8 Å². The van der Waals surface area contributed by atoms with Crippen molar-refractivity contribution < 1.29 is 32.6 Å². The number of ether oxygens (including phenoxy) is 1. The number of rotatable bonds is 4. The van der Waals surface area contributed by atoms with Crippen molar-refractivity contribution in [1.82, 2.24) is 0 Å². The van der Waals surface area contributed by atoms with Gasteiger partial charge in [-0.3, -0.25) is 9.79 Å². The second-order valence-corrected chi connectivity index (χ2v) is 4.89. The first-order valence-electron chi connectivity index (χ1n) is 6.59. The fourth-order valence-electron chi connectivity index (χ4n) is 2.34. The molecular weight excluding hydrogens is 305 g/mol. The van der Waals surface area contributed by atoms with E-state index in [2.05, 4.69) is 9.73 Å². The van der Waals surface area contributed by atoms with E-state index in [1.54, 1.807) is 0 Å². The largest absolute Gasteiger partial charge is 0.478 e. The van der Waals surface area contributed by atoms with Crippen molar-refractivity contribution in [2.45, 2.75) is 37.9 Å². The Morgan fingerprint density at radius 2 is 1.82 bits per heavy atom. The maximum absolute atomic E-state index is 13.0. The van der Waals surface area contributed by atoms with E-state index in [9.17, 15) is 22.8 Å². The summed E-state index contributed by atoms with van der Waals surface area (Å²) in [5, 5.41) is 8.79. The maximum Gasteiger partial charge on any atom is 0.433 e. The average Bonchev–Trinajstić information content (AvgIpc) is 2.45. The summed E-state index contributed by atoms with van der Waals surface area (Å²) in [5.74, 6) is -2.54. The third-order valence-corrected chi connectivity index (χ3v) is 3.46. The predicted molar refractivity (Wildman–Crippen MR) is 71.2 cm³/mol. The Balaban J connectivity index is 2.92. The predicted octanol–water partition coefficient (Wildman–Crippen LogP) is 1.65. The molecule has 0 aliphatic heterocycles. The number of nitrogens with zero attached hydrogens (tertiary/aromatic N) is 1. The molecule has 3 N–H and O–H groups in total. The molecule has 1 aliphatic carbocycles. The van der Waals surface area contributed by atoms with E-state index in [1.807, 2.05) is 0 Å². The summed E-state index contributed by atoms with van der Waals surface area (Å²) in [6.07, 6.45) is -3.34. The third-order valence-electron chi connectivity index (χ3n) is 3.46. The topological polar surface area (TPSA) is 102 Å². The average molecular weight is 322 g/mol. The zero-order valence-corrected chi connectivity index (χ0v) is 11.9. The molecule has 0 unspecified atom stereocenters. The number of aliphatic carboxylic acids is 1. The van der Waals surface area contributed by atoms with E-state index >= 15 is 0 Å². The monoisotopic (exact) mass is 322 g/mol. The summed E-state index contributed by atoms with van der Waals surface area (Å²) in [7, 11) is 1.25. The van der Waals surface area contributed by atoms with Gasteiger partial charge in [-0.25, -0.2) is 4.79 Å². The van der Waals surface area contributed by atoms with Gasteiger partial charge in [0.1, 0.15) is 5.57 Å². The Morgan fingerprint density at radius 1 is 1.27 bits per heavy atom. The highest BCUT2D eigenvalue weighted by Gasteiger charge is 2.41. The molecule has 0 heterocycles. The molecule has 6 nitrogen and oxygen atoms in total. The van der Waals surface area contributed by atoms with Crippen molar-refractivity contribution in [2.24, 2.45) is 16.6 Å². The SMILES string of the molecule is COC(=O)C1CCC(N=C(C(=CN)C(=O)O)C(F)(F)F)CC1. The number of hydrogen-bond donors (Lipinski definition) is 2. The molecule has 0 atom stereocenters. The number of alkyl halides is 3. The molecule has 1 rings (SSSR count). The Hall–Kier alpha value is -2.06. The molecule has 0 amide bonds. The fourth-order valence-corrected chi connectivity index (χ4v) is 2.34. The van der Waals surface area contributed by atoms with Crippen LogP contribution in [0.1, 0.15) is 25.7 Å². The van der Waals surface area contributed by atoms with Gasteiger partial charge in [-0.15, -0.1) is 0 Å². The van der Waals surface area contributed by atoms with Gasteiger partial charge in [-0.2, -0.15) is 13.2 Å². The van der Waals surface area contributed by atoms with Gasteiger partial charge < -0.3 is 15.6 Å². The highest BCUT2D eigenvalue weighted by atomic mass is 19.4. The molecule has 1 saturated carbocycles. The molecule has 0 saturated heterocycles. The van der Waals surface area contributed by atoms with E-state index in [0.717, 1.165) is 0 Å². The summed E-state index contributed by atoms with van der Waals surface area (Å²) >= 11 is 0. The van der Waals surface area contributed by atoms with E-state index in [4.69, 9.17) is 10.8 Å². The molecule has 9 heteroatoms. The van der Waals surface area contributed by atoms with Crippen molar-refractivity contribution in [2.75, 3.05) is 7.11 Å². The number of carbonyl (C=O) groups is 2. The molecule has 0 bridgehead atoms. The van der Waals surface area contributed by atoms with Gasteiger partial charge in [-0.1, -0.05) is 0 Å². The standard InChI is InChI=1S/C13H17F3N2O4/c1-22-12(21)7-2-4-8(5-3-7)18-10(13(14,15)16)9(6-17)11(19)20/h6-8H,2-5,17H2,1H3,(H,19,20). The molecule has 1 fully saturated rings. The van der Waals surface area contributed by atoms with Crippen LogP contribution in [-0.2, 0) is 14.3 Å². The normalized spacial score (nSPS) is 24.0. The Kier molecular flexibility index (Phi) is 5.95. The first-order valence-corrected chi connectivity index (χ1v) is 6.59. The van der Waals surface area contributed by atoms with Gasteiger partial charge in [0.2, 0.25) is 0 Å². The van der Waals surface area contributed by atoms with Crippen LogP contribution < -0.4 is 5.73 Å². The number of halogens is 3. The van der Waals surface area contributed by atoms with Crippen molar-refractivity contribution in [1.29, 1.82) is 0 Å². The number of nitrogens with two attached hydrogens (primary N) is 1. The lowest BCUT2D eigenvalue weighted by Gasteiger charge is -2.25. The molecule has 0 aromatic carbocycles. The second-order valence-electron chi connectivity index (χ2n) is 4.89. The van der Waals surface area contributed by atoms with Crippen LogP contribution in [0.25, 0.3) is 0 Å². The lowest BCUT2D eigenvalue weighted by molar-refractivity contribution is -0.146. The molecule has 1 aliphatic rings. The zero-order valence-electron chi connectivity index (χ0n) is 11.9. The van der Waals surface area contributed by atoms with Gasteiger partial charge in [-0.05, 0) is 25.7 Å². The molecule has 0 spiro atoms. The number of methoxy groups -OCH3 is 1. The second kappa shape index (κ2) is 7.28. The minimum Gasteiger partial charge on any atom is -0.478 e. The van der Waals surface area contributed by atoms with Crippen molar-refractivity contribution in [3.8, 4) is 0 Å². The molecule has 0 radical (unpaired) electrons. The zero-order chi connectivity index (χ0) is 16.9. The van der Waals surface area contributed by atoms with Crippen LogP contribution >= 0.6 is 0 Å². The van der Waals surface area contributed by atoms with Crippen molar-refractivity contribution in [3.63, 3.8) is 0 Å². The van der Waals surface area contributed by atoms with Crippen molar-refractivity contribution >= 4 is 17.7 Å². The van der Waals surface area contributed by atoms with E-state index in [0.29, 0.717) is 19.0 Å². The highest BCUT2D eigenvalue weighted by molar-refractivity contribution is 6.21. The summed E-state index contributed by atoms with van der Waals surface area (Å²) in [5.41, 5.74) is 2.39. The van der Waals surface area contributed by atoms with Crippen LogP contribution in [0.2, 0.25) is 0 Å². The summed E-state index contributed by atoms with van der Waals surface area (Å²) < 4.78 is 43.5. The van der Waals surface area contributed by atoms with Gasteiger partial charge in [0.15, 0.2) is 5.71 Å². The van der Waals surface area contributed by atoms with Crippen LogP contribution in [0.3, 0.4) is 0 Å². The van der Waals surface area contributed by atoms with Crippen LogP contribution in [-0.4, -0.2) is 42.1 Å². The summed E-state index contributed by atoms with van der Waals surface area (Å²) in [4.78, 5) is 25.7. The Morgan fingerprint density at radius 3 is 2.18 bits per heavy atom. The number of esters is 1. The van der Waals surface area contributed by atoms with E-state index in [1.165, 1.54) is 7.11 Å². The minimum atomic E-state index is -4.91. The maximum atomic E-state index is 13.0. The number of carbonyl (C=O) groups excluding carboxylic acids is 1. The molecule has 0 aromatic rings. The summed E-state index contributed by atoms with van der Waals surface area (Å²) in [6, 6.07) is -0.702. The molecule has 22 heavy (non-hydrogen) atoms. The lowest BCUT2D eigenvalue weighted by atomic mass is 9.86. The Labute approximate surface area is 124 Å². The first-order chi connectivity index (χ1) is 10.2. The minimum absolute atomic E-state index is 0.247. The number of carboxylic acid groups (broad SMARTS) is 1. The van der Waals surface area contributed by atoms with Gasteiger partial charge in [0, 0.05) is 6.20 Å². The van der Waals surface area contributed by atoms with Crippen LogP contribution in [0, 0.1) is 5.92 Å². The quantitative estimate of drug-likeness (QED) is 0.465. The third kappa shape index (κ3) is 4.47. The van der Waals surface area contributed by atoms with Gasteiger partial charge in [0.25, 0.3) is 0 Å². The lowest BCUT2D eigenvalue weighted by Crippen LogP contribution is -2.32. The fraction of sp³-hybridized carbons (Fsp3) is 0.615. The number of aliphatic imine (C=N–C) groups is 1. The molecule has 0 aromatic heterocycles. The highest BCUT2D eigenvalue weighted by Crippen LogP contribution is 2.30. The van der Waals surface area contributed by atoms with Crippen LogP contribution in [0.15, 0.2) is 16.8 Å². The van der Waals surface area contributed by atoms with Crippen LogP contribution in [0.4, 0.5) is 13.2 Å². The van der Waals surface area contributed by atoms with Gasteiger partial charge in [0.05, 0.1) is 19.1 Å². The number of carboxylic acids is 1. The smallest absolute Gasteiger partial charge is 0.433 e. The first kappa shape index (κ1) is 18.0. The van der Waals surface area contributed by atoms with Crippen LogP contribution in [0.5, 0.6) is 0 Å². The Bertz CT molecular complexity index is 492.